The van der Waals surface area contributed by atoms with E-state index in [-0.39, 0.29) is 0 Å². The largest absolute Gasteiger partial charge is 0.493 e. The van der Waals surface area contributed by atoms with Gasteiger partial charge in [0.2, 0.25) is 0 Å². The van der Waals surface area contributed by atoms with E-state index in [1.165, 1.54) is 0 Å². The smallest absolute Gasteiger partial charge is 0.170 e. The molecule has 0 unspecified atom stereocenters. The summed E-state index contributed by atoms with van der Waals surface area (Å²) in [4.78, 5) is 4.31. The van der Waals surface area contributed by atoms with Crippen molar-refractivity contribution in [2.75, 3.05) is 14.2 Å². The van der Waals surface area contributed by atoms with Crippen LogP contribution in [0.25, 0.3) is 27.6 Å². The molecule has 3 heterocycles. The highest BCUT2D eigenvalue weighted by molar-refractivity contribution is 5.99. The van der Waals surface area contributed by atoms with E-state index in [1.54, 1.807) is 36.9 Å². The van der Waals surface area contributed by atoms with Gasteiger partial charge in [-0.3, -0.25) is 9.38 Å². The lowest BCUT2D eigenvalue weighted by atomic mass is 10.2. The summed E-state index contributed by atoms with van der Waals surface area (Å²) in [5.41, 5.74) is 2.92. The first-order valence-corrected chi connectivity index (χ1v) is 6.86. The fourth-order valence-corrected chi connectivity index (χ4v) is 2.76. The lowest BCUT2D eigenvalue weighted by Crippen LogP contribution is -1.99. The number of rotatable bonds is 2. The van der Waals surface area contributed by atoms with Gasteiger partial charge < -0.3 is 9.47 Å². The summed E-state index contributed by atoms with van der Waals surface area (Å²) in [5, 5.41) is 18.9. The molecule has 0 saturated heterocycles. The third-order valence-corrected chi connectivity index (χ3v) is 3.79. The third-order valence-electron chi connectivity index (χ3n) is 3.79. The van der Waals surface area contributed by atoms with E-state index in [2.05, 4.69) is 21.3 Å². The molecule has 0 atom stereocenters. The number of benzene rings is 1. The average Bonchev–Trinajstić information content (AvgIpc) is 2.94. The molecular formula is C16H11N5O2. The molecule has 4 rings (SSSR count). The van der Waals surface area contributed by atoms with Crippen LogP contribution >= 0.6 is 0 Å². The van der Waals surface area contributed by atoms with Crippen LogP contribution in [0, 0.1) is 11.3 Å². The highest BCUT2D eigenvalue weighted by Gasteiger charge is 2.18. The second-order valence-electron chi connectivity index (χ2n) is 4.91. The maximum absolute atomic E-state index is 9.59. The molecular weight excluding hydrogens is 294 g/mol. The summed E-state index contributed by atoms with van der Waals surface area (Å²) < 4.78 is 12.4. The van der Waals surface area contributed by atoms with E-state index in [9.17, 15) is 5.26 Å². The summed E-state index contributed by atoms with van der Waals surface area (Å²) in [6, 6.07) is 9.42. The zero-order valence-corrected chi connectivity index (χ0v) is 12.4. The van der Waals surface area contributed by atoms with Crippen LogP contribution in [-0.2, 0) is 0 Å². The first-order chi connectivity index (χ1) is 11.3. The standard InChI is InChI=1S/C16H11N5O2/c1-22-13-6-10-11(7-14(13)23-2)21-12(8-17)15-9(4-3-5-18-15)16(21)20-19-10/h3-7H,1-2H3. The van der Waals surface area contributed by atoms with Crippen molar-refractivity contribution in [3.05, 3.63) is 36.2 Å². The fourth-order valence-electron chi connectivity index (χ4n) is 2.76. The van der Waals surface area contributed by atoms with Crippen molar-refractivity contribution < 1.29 is 9.47 Å². The molecule has 0 aliphatic rings. The number of ether oxygens (including phenoxy) is 2. The van der Waals surface area contributed by atoms with Crippen molar-refractivity contribution >= 4 is 27.6 Å². The summed E-state index contributed by atoms with van der Waals surface area (Å²) in [5.74, 6) is 1.12. The minimum absolute atomic E-state index is 0.419. The summed E-state index contributed by atoms with van der Waals surface area (Å²) >= 11 is 0. The quantitative estimate of drug-likeness (QED) is 0.565. The molecule has 0 fully saturated rings. The van der Waals surface area contributed by atoms with Gasteiger partial charge in [0.1, 0.15) is 17.1 Å². The minimum atomic E-state index is 0.419. The number of fused-ring (bicyclic) bond motifs is 5. The summed E-state index contributed by atoms with van der Waals surface area (Å²) in [6.07, 6.45) is 1.65. The van der Waals surface area contributed by atoms with Gasteiger partial charge in [-0.2, -0.15) is 5.26 Å². The number of hydrogen-bond acceptors (Lipinski definition) is 6. The molecule has 0 aliphatic heterocycles. The number of hydrogen-bond donors (Lipinski definition) is 0. The first-order valence-electron chi connectivity index (χ1n) is 6.86. The molecule has 0 N–H and O–H groups in total. The normalized spacial score (nSPS) is 11.0. The molecule has 0 saturated carbocycles. The van der Waals surface area contributed by atoms with Crippen molar-refractivity contribution in [2.24, 2.45) is 0 Å². The van der Waals surface area contributed by atoms with Crippen LogP contribution in [0.3, 0.4) is 0 Å². The topological polar surface area (TPSA) is 85.3 Å². The van der Waals surface area contributed by atoms with Gasteiger partial charge in [-0.05, 0) is 12.1 Å². The number of nitriles is 1. The number of nitrogens with zero attached hydrogens (tertiary/aromatic N) is 5. The molecule has 3 aromatic heterocycles. The van der Waals surface area contributed by atoms with E-state index in [0.717, 1.165) is 5.39 Å². The van der Waals surface area contributed by atoms with Crippen LogP contribution in [0.2, 0.25) is 0 Å². The van der Waals surface area contributed by atoms with Crippen molar-refractivity contribution in [1.29, 1.82) is 5.26 Å². The van der Waals surface area contributed by atoms with Crippen LogP contribution in [0.4, 0.5) is 0 Å². The molecule has 4 aromatic rings. The number of methoxy groups -OCH3 is 2. The Morgan fingerprint density at radius 3 is 2.65 bits per heavy atom. The Balaban J connectivity index is 2.26. The Morgan fingerprint density at radius 2 is 1.91 bits per heavy atom. The van der Waals surface area contributed by atoms with Gasteiger partial charge in [0.05, 0.1) is 19.7 Å². The number of pyridine rings is 1. The molecule has 0 bridgehead atoms. The molecule has 0 spiro atoms. The van der Waals surface area contributed by atoms with Crippen LogP contribution < -0.4 is 9.47 Å². The molecule has 0 aliphatic carbocycles. The van der Waals surface area contributed by atoms with Crippen LogP contribution in [-0.4, -0.2) is 33.8 Å². The Hall–Kier alpha value is -3.40. The Kier molecular flexibility index (Phi) is 2.78. The predicted molar refractivity (Wildman–Crippen MR) is 83.6 cm³/mol. The maximum Gasteiger partial charge on any atom is 0.170 e. The van der Waals surface area contributed by atoms with Crippen molar-refractivity contribution in [3.63, 3.8) is 0 Å². The second kappa shape index (κ2) is 4.81. The molecule has 1 aromatic carbocycles. The van der Waals surface area contributed by atoms with Gasteiger partial charge in [0.15, 0.2) is 22.8 Å². The van der Waals surface area contributed by atoms with Crippen LogP contribution in [0.1, 0.15) is 5.69 Å². The average molecular weight is 305 g/mol. The van der Waals surface area contributed by atoms with Gasteiger partial charge >= 0.3 is 0 Å². The van der Waals surface area contributed by atoms with Gasteiger partial charge in [-0.1, -0.05) is 0 Å². The van der Waals surface area contributed by atoms with E-state index < -0.39 is 0 Å². The van der Waals surface area contributed by atoms with Crippen molar-refractivity contribution in [2.45, 2.75) is 0 Å². The highest BCUT2D eigenvalue weighted by atomic mass is 16.5. The van der Waals surface area contributed by atoms with Crippen LogP contribution in [0.15, 0.2) is 30.5 Å². The molecule has 23 heavy (non-hydrogen) atoms. The molecule has 112 valence electrons. The molecule has 0 amide bonds. The third kappa shape index (κ3) is 1.72. The Labute approximate surface area is 130 Å². The Bertz CT molecular complexity index is 1110. The van der Waals surface area contributed by atoms with E-state index in [1.807, 2.05) is 12.1 Å². The van der Waals surface area contributed by atoms with Gasteiger partial charge in [0, 0.05) is 23.7 Å². The SMILES string of the molecule is COc1cc2nnc3c4cccnc4c(C#N)n3c2cc1OC. The van der Waals surface area contributed by atoms with Crippen LogP contribution in [0.5, 0.6) is 11.5 Å². The Morgan fingerprint density at radius 1 is 1.13 bits per heavy atom. The molecule has 0 radical (unpaired) electrons. The first kappa shape index (κ1) is 13.3. The molecule has 7 heteroatoms. The number of aromatic nitrogens is 4. The van der Waals surface area contributed by atoms with E-state index >= 15 is 0 Å². The second-order valence-corrected chi connectivity index (χ2v) is 4.91. The van der Waals surface area contributed by atoms with E-state index in [4.69, 9.17) is 9.47 Å². The van der Waals surface area contributed by atoms with Gasteiger partial charge in [0.25, 0.3) is 0 Å². The minimum Gasteiger partial charge on any atom is -0.493 e. The fraction of sp³-hybridized carbons (Fsp3) is 0.125. The van der Waals surface area contributed by atoms with Crippen molar-refractivity contribution in [3.8, 4) is 17.6 Å². The predicted octanol–water partition coefficient (Wildman–Crippen LogP) is 2.32. The lowest BCUT2D eigenvalue weighted by molar-refractivity contribution is 0.355. The summed E-state index contributed by atoms with van der Waals surface area (Å²) in [7, 11) is 3.12. The zero-order chi connectivity index (χ0) is 16.0. The molecule has 7 nitrogen and oxygen atoms in total. The monoisotopic (exact) mass is 305 g/mol. The lowest BCUT2D eigenvalue weighted by Gasteiger charge is -2.09. The maximum atomic E-state index is 9.59. The van der Waals surface area contributed by atoms with Gasteiger partial charge in [-0.15, -0.1) is 10.2 Å². The summed E-state index contributed by atoms with van der Waals surface area (Å²) in [6.45, 7) is 0. The van der Waals surface area contributed by atoms with Gasteiger partial charge in [-0.25, -0.2) is 0 Å². The zero-order valence-electron chi connectivity index (χ0n) is 12.4. The highest BCUT2D eigenvalue weighted by Crippen LogP contribution is 2.33. The van der Waals surface area contributed by atoms with E-state index in [0.29, 0.717) is 39.4 Å². The van der Waals surface area contributed by atoms with Crippen molar-refractivity contribution in [1.82, 2.24) is 19.6 Å².